The van der Waals surface area contributed by atoms with Crippen molar-refractivity contribution >= 4 is 0 Å². The highest BCUT2D eigenvalue weighted by Gasteiger charge is 2.20. The van der Waals surface area contributed by atoms with Crippen LogP contribution in [0.25, 0.3) is 0 Å². The molecule has 0 aromatic heterocycles. The lowest BCUT2D eigenvalue weighted by Crippen LogP contribution is -2.25. The van der Waals surface area contributed by atoms with Crippen molar-refractivity contribution in [1.29, 1.82) is 0 Å². The van der Waals surface area contributed by atoms with Crippen molar-refractivity contribution in [3.8, 4) is 0 Å². The van der Waals surface area contributed by atoms with E-state index in [1.165, 1.54) is 0 Å². The number of allylic oxidation sites excluding steroid dienone is 4. The smallest absolute Gasteiger partial charge is 0.193 e. The van der Waals surface area contributed by atoms with Crippen LogP contribution in [0.15, 0.2) is 48.1 Å². The number of ether oxygens (including phenoxy) is 2. The van der Waals surface area contributed by atoms with E-state index in [1.54, 1.807) is 12.3 Å². The molecule has 0 aromatic carbocycles. The Kier molecular flexibility index (Phi) is 2.08. The van der Waals surface area contributed by atoms with Crippen LogP contribution in [0.5, 0.6) is 0 Å². The molecule has 2 heterocycles. The summed E-state index contributed by atoms with van der Waals surface area (Å²) in [4.78, 5) is 0. The lowest BCUT2D eigenvalue weighted by molar-refractivity contribution is 0.115. The highest BCUT2D eigenvalue weighted by Crippen LogP contribution is 2.19. The average molecular weight is 177 g/mol. The van der Waals surface area contributed by atoms with Gasteiger partial charge in [0, 0.05) is 0 Å². The van der Waals surface area contributed by atoms with Crippen LogP contribution in [0.3, 0.4) is 0 Å². The van der Waals surface area contributed by atoms with Gasteiger partial charge < -0.3 is 15.2 Å². The molecule has 2 N–H and O–H groups in total. The number of nitrogens with two attached hydrogens (primary N) is 1. The SMILES string of the molecule is NC1=CC=COC1C1=CC=CCO1. The van der Waals surface area contributed by atoms with Crippen molar-refractivity contribution in [2.75, 3.05) is 6.61 Å². The van der Waals surface area contributed by atoms with Crippen LogP contribution in [0.1, 0.15) is 0 Å². The van der Waals surface area contributed by atoms with E-state index in [9.17, 15) is 0 Å². The van der Waals surface area contributed by atoms with E-state index in [2.05, 4.69) is 0 Å². The maximum atomic E-state index is 5.75. The summed E-state index contributed by atoms with van der Waals surface area (Å²) in [5.41, 5.74) is 6.42. The molecule has 0 saturated carbocycles. The van der Waals surface area contributed by atoms with Gasteiger partial charge in [-0.3, -0.25) is 0 Å². The van der Waals surface area contributed by atoms with Crippen molar-refractivity contribution in [1.82, 2.24) is 0 Å². The van der Waals surface area contributed by atoms with Crippen molar-refractivity contribution in [2.45, 2.75) is 6.10 Å². The third-order valence-corrected chi connectivity index (χ3v) is 1.89. The monoisotopic (exact) mass is 177 g/mol. The van der Waals surface area contributed by atoms with Gasteiger partial charge in [0.25, 0.3) is 0 Å². The molecule has 1 atom stereocenters. The van der Waals surface area contributed by atoms with Gasteiger partial charge in [-0.2, -0.15) is 0 Å². The summed E-state index contributed by atoms with van der Waals surface area (Å²) in [6.07, 6.45) is 10.7. The average Bonchev–Trinajstić information content (AvgIpc) is 2.20. The minimum atomic E-state index is -0.255. The van der Waals surface area contributed by atoms with Gasteiger partial charge in [0.05, 0.1) is 12.0 Å². The predicted octanol–water partition coefficient (Wildman–Crippen LogP) is 1.21. The molecule has 0 amide bonds. The van der Waals surface area contributed by atoms with Crippen molar-refractivity contribution < 1.29 is 9.47 Å². The summed E-state index contributed by atoms with van der Waals surface area (Å²) in [6, 6.07) is 0. The van der Waals surface area contributed by atoms with E-state index in [0.717, 1.165) is 5.76 Å². The molecule has 2 aliphatic heterocycles. The molecule has 68 valence electrons. The Labute approximate surface area is 76.8 Å². The molecule has 13 heavy (non-hydrogen) atoms. The van der Waals surface area contributed by atoms with E-state index in [4.69, 9.17) is 15.2 Å². The maximum absolute atomic E-state index is 5.75. The van der Waals surface area contributed by atoms with E-state index in [0.29, 0.717) is 12.3 Å². The zero-order valence-electron chi connectivity index (χ0n) is 7.14. The molecule has 3 heteroatoms. The summed E-state index contributed by atoms with van der Waals surface area (Å²) in [5, 5.41) is 0. The molecule has 0 saturated heterocycles. The molecule has 0 fully saturated rings. The Hall–Kier alpha value is -1.64. The van der Waals surface area contributed by atoms with Crippen molar-refractivity contribution in [3.05, 3.63) is 48.1 Å². The predicted molar refractivity (Wildman–Crippen MR) is 49.5 cm³/mol. The molecule has 2 rings (SSSR count). The summed E-state index contributed by atoms with van der Waals surface area (Å²) >= 11 is 0. The van der Waals surface area contributed by atoms with Gasteiger partial charge in [0.1, 0.15) is 12.4 Å². The fraction of sp³-hybridized carbons (Fsp3) is 0.200. The summed E-state index contributed by atoms with van der Waals surface area (Å²) in [7, 11) is 0. The fourth-order valence-corrected chi connectivity index (χ4v) is 1.25. The van der Waals surface area contributed by atoms with Gasteiger partial charge >= 0.3 is 0 Å². The largest absolute Gasteiger partial charge is 0.489 e. The molecule has 0 bridgehead atoms. The van der Waals surface area contributed by atoms with Crippen LogP contribution in [0, 0.1) is 0 Å². The van der Waals surface area contributed by atoms with E-state index >= 15 is 0 Å². The van der Waals surface area contributed by atoms with Gasteiger partial charge in [-0.1, -0.05) is 6.08 Å². The standard InChI is InChI=1S/C10H11NO2/c11-8-4-3-7-13-10(8)9-5-1-2-6-12-9/h1-5,7,10H,6,11H2. The molecule has 3 nitrogen and oxygen atoms in total. The summed E-state index contributed by atoms with van der Waals surface area (Å²) in [5.74, 6) is 0.764. The second kappa shape index (κ2) is 3.39. The van der Waals surface area contributed by atoms with Gasteiger partial charge in [0.15, 0.2) is 6.10 Å². The van der Waals surface area contributed by atoms with E-state index in [1.807, 2.05) is 24.3 Å². The van der Waals surface area contributed by atoms with Crippen molar-refractivity contribution in [3.63, 3.8) is 0 Å². The highest BCUT2D eigenvalue weighted by atomic mass is 16.5. The zero-order chi connectivity index (χ0) is 9.10. The molecule has 0 radical (unpaired) electrons. The van der Waals surface area contributed by atoms with Crippen LogP contribution < -0.4 is 5.73 Å². The van der Waals surface area contributed by atoms with Crippen LogP contribution in [-0.4, -0.2) is 12.7 Å². The zero-order valence-corrected chi connectivity index (χ0v) is 7.14. The number of hydrogen-bond donors (Lipinski definition) is 1. The second-order valence-corrected chi connectivity index (χ2v) is 2.82. The number of rotatable bonds is 1. The summed E-state index contributed by atoms with van der Waals surface area (Å²) < 4.78 is 10.7. The van der Waals surface area contributed by atoms with Crippen LogP contribution in [0.4, 0.5) is 0 Å². The summed E-state index contributed by atoms with van der Waals surface area (Å²) in [6.45, 7) is 0.586. The van der Waals surface area contributed by atoms with Gasteiger partial charge in [0.2, 0.25) is 0 Å². The molecule has 0 spiro atoms. The van der Waals surface area contributed by atoms with E-state index < -0.39 is 0 Å². The first-order valence-electron chi connectivity index (χ1n) is 4.15. The lowest BCUT2D eigenvalue weighted by Gasteiger charge is -2.23. The third-order valence-electron chi connectivity index (χ3n) is 1.89. The van der Waals surface area contributed by atoms with Gasteiger partial charge in [-0.25, -0.2) is 0 Å². The molecule has 2 aliphatic rings. The quantitative estimate of drug-likeness (QED) is 0.654. The Morgan fingerprint density at radius 2 is 2.23 bits per heavy atom. The highest BCUT2D eigenvalue weighted by molar-refractivity contribution is 5.27. The topological polar surface area (TPSA) is 44.5 Å². The minimum Gasteiger partial charge on any atom is -0.489 e. The molecule has 1 unspecified atom stereocenters. The maximum Gasteiger partial charge on any atom is 0.193 e. The fourth-order valence-electron chi connectivity index (χ4n) is 1.25. The first kappa shape index (κ1) is 7.98. The Morgan fingerprint density at radius 1 is 1.31 bits per heavy atom. The molecular formula is C10H11NO2. The first-order chi connectivity index (χ1) is 6.38. The third kappa shape index (κ3) is 1.59. The molecule has 0 aromatic rings. The number of hydrogen-bond acceptors (Lipinski definition) is 3. The van der Waals surface area contributed by atoms with E-state index in [-0.39, 0.29) is 6.10 Å². The lowest BCUT2D eigenvalue weighted by atomic mass is 10.1. The molecule has 0 aliphatic carbocycles. The molecular weight excluding hydrogens is 166 g/mol. The van der Waals surface area contributed by atoms with Crippen LogP contribution in [-0.2, 0) is 9.47 Å². The van der Waals surface area contributed by atoms with Gasteiger partial charge in [-0.05, 0) is 24.3 Å². The first-order valence-corrected chi connectivity index (χ1v) is 4.15. The Bertz CT molecular complexity index is 313. The second-order valence-electron chi connectivity index (χ2n) is 2.82. The Morgan fingerprint density at radius 3 is 2.92 bits per heavy atom. The normalized spacial score (nSPS) is 25.7. The van der Waals surface area contributed by atoms with Gasteiger partial charge in [-0.15, -0.1) is 0 Å². The van der Waals surface area contributed by atoms with Crippen LogP contribution in [0.2, 0.25) is 0 Å². The minimum absolute atomic E-state index is 0.255. The Balaban J connectivity index is 2.17. The van der Waals surface area contributed by atoms with Crippen LogP contribution >= 0.6 is 0 Å². The van der Waals surface area contributed by atoms with Crippen molar-refractivity contribution in [2.24, 2.45) is 5.73 Å².